The number of rotatable bonds is 0. The first-order valence-electron chi connectivity index (χ1n) is 11.8. The number of nitrogens with zero attached hydrogens (tertiary/aromatic N) is 3. The van der Waals surface area contributed by atoms with Gasteiger partial charge in [-0.15, -0.1) is 0 Å². The van der Waals surface area contributed by atoms with E-state index in [0.29, 0.717) is 5.70 Å². The van der Waals surface area contributed by atoms with Crippen LogP contribution in [0, 0.1) is 16.2 Å². The molecule has 0 aromatic rings. The van der Waals surface area contributed by atoms with Gasteiger partial charge in [0.05, 0.1) is 22.3 Å². The number of hydrogen-bond acceptors (Lipinski definition) is 7. The summed E-state index contributed by atoms with van der Waals surface area (Å²) in [6.07, 6.45) is 0. The van der Waals surface area contributed by atoms with Crippen LogP contribution in [0.4, 0.5) is 0 Å². The third-order valence-corrected chi connectivity index (χ3v) is 10.0. The minimum atomic E-state index is -0.911. The normalized spacial score (nSPS) is 40.3. The molecule has 4 unspecified atom stereocenters. The smallest absolute Gasteiger partial charge is 0.0930 e. The average molecular weight is 470 g/mol. The van der Waals surface area contributed by atoms with E-state index in [2.05, 4.69) is 48.6 Å². The van der Waals surface area contributed by atoms with Gasteiger partial charge in [-0.3, -0.25) is 15.0 Å². The summed E-state index contributed by atoms with van der Waals surface area (Å²) in [5.74, 6) is 0. The average Bonchev–Trinajstić information content (AvgIpc) is 2.69. The van der Waals surface area contributed by atoms with Crippen molar-refractivity contribution >= 4 is 17.1 Å². The Labute approximate surface area is 206 Å². The van der Waals surface area contributed by atoms with Crippen LogP contribution in [0.15, 0.2) is 51.8 Å². The molecule has 0 saturated carbocycles. The minimum absolute atomic E-state index is 0.282. The Morgan fingerprint density at radius 3 is 1.35 bits per heavy atom. The second kappa shape index (κ2) is 7.53. The molecule has 0 saturated heterocycles. The van der Waals surface area contributed by atoms with E-state index < -0.39 is 33.0 Å². The van der Waals surface area contributed by atoms with Crippen LogP contribution in [0.3, 0.4) is 0 Å². The first kappa shape index (κ1) is 28.3. The fraction of sp³-hybridized carbons (Fsp3) is 0.667. The van der Waals surface area contributed by atoms with E-state index >= 15 is 0 Å². The van der Waals surface area contributed by atoms with Crippen LogP contribution in [0.25, 0.3) is 0 Å². The largest absolute Gasteiger partial charge is 0.323 e. The highest BCUT2D eigenvalue weighted by Crippen LogP contribution is 2.57. The Bertz CT molecular complexity index is 1050. The summed E-state index contributed by atoms with van der Waals surface area (Å²) in [5, 5.41) is 0. The van der Waals surface area contributed by atoms with Crippen LogP contribution in [-0.4, -0.2) is 39.3 Å². The highest BCUT2D eigenvalue weighted by atomic mass is 15.1. The standard InChI is InChI=1S/C16H26N4.C11H21N3/c1-9-13(5,6)15(17)12(4)20-10(2)14(7,8)16(15,18)11(3)19-9;1-7-9(3,4)11(6,13)10(5,12)8(2)14-7/h1,4,17-18H2,2-3,5-8H3;1,12-13H2,2-6H3. The molecule has 3 rings (SSSR count). The fourth-order valence-corrected chi connectivity index (χ4v) is 5.47. The molecule has 0 radical (unpaired) electrons. The molecule has 3 aliphatic heterocycles. The molecule has 3 heterocycles. The molecular weight excluding hydrogens is 422 g/mol. The topological polar surface area (TPSA) is 141 Å². The van der Waals surface area contributed by atoms with E-state index in [1.54, 1.807) is 0 Å². The van der Waals surface area contributed by atoms with Gasteiger partial charge in [-0.2, -0.15) is 0 Å². The van der Waals surface area contributed by atoms with Crippen LogP contribution in [0.1, 0.15) is 76.2 Å². The van der Waals surface area contributed by atoms with Crippen molar-refractivity contribution in [3.8, 4) is 0 Å². The molecule has 0 aromatic heterocycles. The van der Waals surface area contributed by atoms with Crippen molar-refractivity contribution in [2.75, 3.05) is 0 Å². The Morgan fingerprint density at radius 2 is 0.882 bits per heavy atom. The van der Waals surface area contributed by atoms with Crippen LogP contribution < -0.4 is 22.9 Å². The zero-order chi connectivity index (χ0) is 27.1. The summed E-state index contributed by atoms with van der Waals surface area (Å²) in [7, 11) is 0. The molecule has 0 spiro atoms. The molecule has 7 nitrogen and oxygen atoms in total. The molecule has 8 N–H and O–H groups in total. The van der Waals surface area contributed by atoms with Crippen LogP contribution in [0.5, 0.6) is 0 Å². The van der Waals surface area contributed by atoms with Gasteiger partial charge in [-0.25, -0.2) is 0 Å². The van der Waals surface area contributed by atoms with Gasteiger partial charge in [0.25, 0.3) is 0 Å². The molecule has 0 aliphatic carbocycles. The Kier molecular flexibility index (Phi) is 6.27. The fourth-order valence-electron chi connectivity index (χ4n) is 5.47. The van der Waals surface area contributed by atoms with Crippen molar-refractivity contribution in [3.05, 3.63) is 36.8 Å². The van der Waals surface area contributed by atoms with Crippen LogP contribution in [0.2, 0.25) is 0 Å². The van der Waals surface area contributed by atoms with E-state index in [-0.39, 0.29) is 5.41 Å². The molecule has 34 heavy (non-hydrogen) atoms. The predicted octanol–water partition coefficient (Wildman–Crippen LogP) is 3.85. The van der Waals surface area contributed by atoms with Gasteiger partial charge in [0, 0.05) is 50.3 Å². The Hall–Kier alpha value is -1.93. The first-order chi connectivity index (χ1) is 14.9. The second-order valence-corrected chi connectivity index (χ2v) is 12.3. The van der Waals surface area contributed by atoms with Crippen molar-refractivity contribution in [1.82, 2.24) is 0 Å². The monoisotopic (exact) mass is 469 g/mol. The SMILES string of the molecule is C=C1N=C(C)C(C)(N)C(C)(N)C1(C)C.C=C1N=C(C)C2(N)C(C)(C)C(C)=NC(=C)C2(N)C1(C)C. The number of hydrogen-bond donors (Lipinski definition) is 4. The van der Waals surface area contributed by atoms with Gasteiger partial charge in [-0.1, -0.05) is 61.3 Å². The van der Waals surface area contributed by atoms with Gasteiger partial charge < -0.3 is 22.9 Å². The molecule has 0 bridgehead atoms. The number of aliphatic imine (C=N–C) groups is 3. The molecule has 0 aromatic carbocycles. The zero-order valence-corrected chi connectivity index (χ0v) is 23.3. The highest BCUT2D eigenvalue weighted by Gasteiger charge is 2.69. The number of fused-ring (bicyclic) bond motifs is 1. The summed E-state index contributed by atoms with van der Waals surface area (Å²) in [4.78, 5) is 13.6. The van der Waals surface area contributed by atoms with Crippen molar-refractivity contribution in [2.45, 2.75) is 98.3 Å². The van der Waals surface area contributed by atoms with Gasteiger partial charge in [0.2, 0.25) is 0 Å². The lowest BCUT2D eigenvalue weighted by molar-refractivity contribution is 0.0991. The Morgan fingerprint density at radius 1 is 0.500 bits per heavy atom. The second-order valence-electron chi connectivity index (χ2n) is 12.3. The zero-order valence-electron chi connectivity index (χ0n) is 23.3. The lowest BCUT2D eigenvalue weighted by Gasteiger charge is -2.64. The maximum atomic E-state index is 6.90. The summed E-state index contributed by atoms with van der Waals surface area (Å²) in [5.41, 5.74) is 27.0. The van der Waals surface area contributed by atoms with Crippen molar-refractivity contribution < 1.29 is 0 Å². The quantitative estimate of drug-likeness (QED) is 0.427. The maximum absolute atomic E-state index is 6.90. The van der Waals surface area contributed by atoms with Crippen LogP contribution >= 0.6 is 0 Å². The predicted molar refractivity (Wildman–Crippen MR) is 147 cm³/mol. The molecule has 7 heteroatoms. The molecule has 3 aliphatic rings. The molecule has 190 valence electrons. The lowest BCUT2D eigenvalue weighted by atomic mass is 9.47. The van der Waals surface area contributed by atoms with Gasteiger partial charge in [0.15, 0.2) is 0 Å². The highest BCUT2D eigenvalue weighted by molar-refractivity contribution is 6.05. The molecule has 4 atom stereocenters. The van der Waals surface area contributed by atoms with Crippen molar-refractivity contribution in [2.24, 2.45) is 54.2 Å². The summed E-state index contributed by atoms with van der Waals surface area (Å²) < 4.78 is 0. The molecular formula is C27H47N7. The summed E-state index contributed by atoms with van der Waals surface area (Å²) in [6.45, 7) is 34.1. The van der Waals surface area contributed by atoms with Gasteiger partial charge in [0.1, 0.15) is 0 Å². The number of nitrogens with two attached hydrogens (primary N) is 4. The Balaban J connectivity index is 0.000000257. The minimum Gasteiger partial charge on any atom is -0.323 e. The molecule has 0 fully saturated rings. The summed E-state index contributed by atoms with van der Waals surface area (Å²) >= 11 is 0. The summed E-state index contributed by atoms with van der Waals surface area (Å²) in [6, 6.07) is 0. The van der Waals surface area contributed by atoms with Crippen molar-refractivity contribution in [3.63, 3.8) is 0 Å². The van der Waals surface area contributed by atoms with Crippen LogP contribution in [-0.2, 0) is 0 Å². The van der Waals surface area contributed by atoms with E-state index in [1.807, 2.05) is 62.3 Å². The van der Waals surface area contributed by atoms with E-state index in [4.69, 9.17) is 22.9 Å². The van der Waals surface area contributed by atoms with E-state index in [9.17, 15) is 0 Å². The van der Waals surface area contributed by atoms with Crippen molar-refractivity contribution in [1.29, 1.82) is 0 Å². The molecule has 0 amide bonds. The third kappa shape index (κ3) is 3.06. The maximum Gasteiger partial charge on any atom is 0.0930 e. The third-order valence-electron chi connectivity index (χ3n) is 10.0. The van der Waals surface area contributed by atoms with Gasteiger partial charge in [-0.05, 0) is 34.6 Å². The van der Waals surface area contributed by atoms with E-state index in [0.717, 1.165) is 28.5 Å². The first-order valence-corrected chi connectivity index (χ1v) is 11.8. The van der Waals surface area contributed by atoms with E-state index in [1.165, 1.54) is 0 Å². The van der Waals surface area contributed by atoms with Gasteiger partial charge >= 0.3 is 0 Å². The lowest BCUT2D eigenvalue weighted by Crippen LogP contribution is -2.84.